The fraction of sp³-hybridized carbons (Fsp3) is 0.562. The van der Waals surface area contributed by atoms with Crippen LogP contribution in [0.1, 0.15) is 12.8 Å². The summed E-state index contributed by atoms with van der Waals surface area (Å²) in [5.74, 6) is 0.834. The first-order valence-corrected chi connectivity index (χ1v) is 8.07. The smallest absolute Gasteiger partial charge is 0.222 e. The van der Waals surface area contributed by atoms with Crippen molar-refractivity contribution in [2.24, 2.45) is 0 Å². The topological polar surface area (TPSA) is 53.0 Å². The molecule has 1 aromatic rings. The van der Waals surface area contributed by atoms with E-state index in [-0.39, 0.29) is 12.5 Å². The average Bonchev–Trinajstić information content (AvgIpc) is 2.54. The van der Waals surface area contributed by atoms with E-state index in [1.165, 1.54) is 0 Å². The number of rotatable bonds is 7. The van der Waals surface area contributed by atoms with E-state index in [2.05, 4.69) is 4.90 Å². The zero-order chi connectivity index (χ0) is 15.8. The predicted octanol–water partition coefficient (Wildman–Crippen LogP) is 1.64. The molecular weight excluding hydrogens is 304 g/mol. The molecule has 1 aliphatic rings. The predicted molar refractivity (Wildman–Crippen MR) is 86.3 cm³/mol. The van der Waals surface area contributed by atoms with Crippen LogP contribution in [-0.4, -0.2) is 66.8 Å². The number of piperazine rings is 1. The van der Waals surface area contributed by atoms with E-state index in [0.29, 0.717) is 36.8 Å². The van der Waals surface area contributed by atoms with Gasteiger partial charge in [-0.05, 0) is 18.6 Å². The summed E-state index contributed by atoms with van der Waals surface area (Å²) in [4.78, 5) is 16.2. The number of carbonyl (C=O) groups excluding carboxylic acids is 1. The van der Waals surface area contributed by atoms with Crippen LogP contribution in [0.4, 0.5) is 0 Å². The van der Waals surface area contributed by atoms with Crippen LogP contribution < -0.4 is 4.74 Å². The van der Waals surface area contributed by atoms with Gasteiger partial charge in [-0.2, -0.15) is 0 Å². The van der Waals surface area contributed by atoms with Gasteiger partial charge in [0.05, 0.1) is 18.2 Å². The van der Waals surface area contributed by atoms with Crippen LogP contribution in [0.3, 0.4) is 0 Å². The second-order valence-corrected chi connectivity index (χ2v) is 5.74. The molecule has 1 aliphatic heterocycles. The monoisotopic (exact) mass is 326 g/mol. The Morgan fingerprint density at radius 3 is 2.64 bits per heavy atom. The summed E-state index contributed by atoms with van der Waals surface area (Å²) < 4.78 is 5.58. The van der Waals surface area contributed by atoms with Gasteiger partial charge in [0, 0.05) is 39.1 Å². The fourth-order valence-electron chi connectivity index (χ4n) is 2.49. The Kier molecular flexibility index (Phi) is 6.96. The zero-order valence-corrected chi connectivity index (χ0v) is 13.5. The summed E-state index contributed by atoms with van der Waals surface area (Å²) in [6, 6.07) is 7.34. The molecule has 1 heterocycles. The molecule has 0 unspecified atom stereocenters. The summed E-state index contributed by atoms with van der Waals surface area (Å²) in [6.45, 7) is 4.50. The van der Waals surface area contributed by atoms with Crippen LogP contribution in [0.2, 0.25) is 5.02 Å². The molecule has 2 rings (SSSR count). The fourth-order valence-corrected chi connectivity index (χ4v) is 2.68. The highest BCUT2D eigenvalue weighted by molar-refractivity contribution is 6.32. The molecule has 0 bridgehead atoms. The van der Waals surface area contributed by atoms with Gasteiger partial charge in [-0.1, -0.05) is 23.7 Å². The lowest BCUT2D eigenvalue weighted by Crippen LogP contribution is -2.49. The van der Waals surface area contributed by atoms with Crippen molar-refractivity contribution in [3.8, 4) is 5.75 Å². The van der Waals surface area contributed by atoms with Crippen LogP contribution >= 0.6 is 11.6 Å². The van der Waals surface area contributed by atoms with Gasteiger partial charge in [0.25, 0.3) is 0 Å². The number of amides is 1. The minimum Gasteiger partial charge on any atom is -0.492 e. The molecular formula is C16H23ClN2O3. The highest BCUT2D eigenvalue weighted by Gasteiger charge is 2.20. The molecule has 122 valence electrons. The Morgan fingerprint density at radius 2 is 1.95 bits per heavy atom. The quantitative estimate of drug-likeness (QED) is 0.774. The third-order valence-corrected chi connectivity index (χ3v) is 4.08. The van der Waals surface area contributed by atoms with E-state index in [1.54, 1.807) is 6.07 Å². The van der Waals surface area contributed by atoms with Crippen molar-refractivity contribution < 1.29 is 14.6 Å². The first kappa shape index (κ1) is 17.1. The van der Waals surface area contributed by atoms with Crippen molar-refractivity contribution >= 4 is 17.5 Å². The van der Waals surface area contributed by atoms with Gasteiger partial charge < -0.3 is 14.7 Å². The molecule has 1 saturated heterocycles. The van der Waals surface area contributed by atoms with Crippen LogP contribution in [0.25, 0.3) is 0 Å². The van der Waals surface area contributed by atoms with E-state index in [1.807, 2.05) is 23.1 Å². The minimum atomic E-state index is 0.173. The standard InChI is InChI=1S/C16H23ClN2O3/c17-14-4-1-2-5-15(14)22-13-3-6-16(21)19-9-7-18(8-10-19)11-12-20/h1-2,4-5,20H,3,6-13H2. The first-order chi connectivity index (χ1) is 10.7. The Bertz CT molecular complexity index is 476. The minimum absolute atomic E-state index is 0.173. The maximum Gasteiger partial charge on any atom is 0.222 e. The lowest BCUT2D eigenvalue weighted by Gasteiger charge is -2.34. The summed E-state index contributed by atoms with van der Waals surface area (Å²) in [6.07, 6.45) is 1.17. The van der Waals surface area contributed by atoms with Gasteiger partial charge in [0.2, 0.25) is 5.91 Å². The largest absolute Gasteiger partial charge is 0.492 e. The van der Waals surface area contributed by atoms with Crippen LogP contribution in [0, 0.1) is 0 Å². The third kappa shape index (κ3) is 5.16. The second-order valence-electron chi connectivity index (χ2n) is 5.33. The molecule has 5 nitrogen and oxygen atoms in total. The SMILES string of the molecule is O=C(CCCOc1ccccc1Cl)N1CCN(CCO)CC1. The van der Waals surface area contributed by atoms with Crippen molar-refractivity contribution in [3.63, 3.8) is 0 Å². The molecule has 6 heteroatoms. The average molecular weight is 327 g/mol. The lowest BCUT2D eigenvalue weighted by atomic mass is 10.2. The van der Waals surface area contributed by atoms with Crippen LogP contribution in [0.15, 0.2) is 24.3 Å². The normalized spacial score (nSPS) is 15.8. The molecule has 0 atom stereocenters. The number of ether oxygens (including phenoxy) is 1. The number of para-hydroxylation sites is 1. The number of β-amino-alcohol motifs (C(OH)–C–C–N with tert-alkyl or cyclic N) is 1. The molecule has 0 radical (unpaired) electrons. The number of hydrogen-bond donors (Lipinski definition) is 1. The molecule has 22 heavy (non-hydrogen) atoms. The van der Waals surface area contributed by atoms with E-state index in [4.69, 9.17) is 21.4 Å². The molecule has 0 spiro atoms. The molecule has 1 aromatic carbocycles. The highest BCUT2D eigenvalue weighted by Crippen LogP contribution is 2.23. The molecule has 1 amide bonds. The molecule has 1 fully saturated rings. The second kappa shape index (κ2) is 8.98. The Labute approximate surface area is 136 Å². The summed E-state index contributed by atoms with van der Waals surface area (Å²) >= 11 is 6.00. The lowest BCUT2D eigenvalue weighted by molar-refractivity contribution is -0.133. The Hall–Kier alpha value is -1.30. The number of hydrogen-bond acceptors (Lipinski definition) is 4. The van der Waals surface area contributed by atoms with Gasteiger partial charge in [0.1, 0.15) is 5.75 Å². The number of halogens is 1. The van der Waals surface area contributed by atoms with Gasteiger partial charge in [-0.3, -0.25) is 9.69 Å². The van der Waals surface area contributed by atoms with E-state index >= 15 is 0 Å². The number of benzene rings is 1. The van der Waals surface area contributed by atoms with Gasteiger partial charge in [-0.25, -0.2) is 0 Å². The van der Waals surface area contributed by atoms with Gasteiger partial charge >= 0.3 is 0 Å². The van der Waals surface area contributed by atoms with Crippen molar-refractivity contribution in [1.82, 2.24) is 9.80 Å². The number of nitrogens with zero attached hydrogens (tertiary/aromatic N) is 2. The molecule has 0 aliphatic carbocycles. The van der Waals surface area contributed by atoms with E-state index < -0.39 is 0 Å². The highest BCUT2D eigenvalue weighted by atomic mass is 35.5. The zero-order valence-electron chi connectivity index (χ0n) is 12.7. The maximum atomic E-state index is 12.1. The number of carbonyl (C=O) groups is 1. The summed E-state index contributed by atoms with van der Waals surface area (Å²) in [5.41, 5.74) is 0. The van der Waals surface area contributed by atoms with Crippen molar-refractivity contribution in [3.05, 3.63) is 29.3 Å². The van der Waals surface area contributed by atoms with Crippen molar-refractivity contribution in [2.45, 2.75) is 12.8 Å². The Balaban J connectivity index is 1.63. The van der Waals surface area contributed by atoms with Crippen LogP contribution in [-0.2, 0) is 4.79 Å². The Morgan fingerprint density at radius 1 is 1.23 bits per heavy atom. The van der Waals surface area contributed by atoms with Crippen molar-refractivity contribution in [2.75, 3.05) is 45.9 Å². The van der Waals surface area contributed by atoms with Crippen molar-refractivity contribution in [1.29, 1.82) is 0 Å². The summed E-state index contributed by atoms with van der Waals surface area (Å²) in [7, 11) is 0. The van der Waals surface area contributed by atoms with Gasteiger partial charge in [0.15, 0.2) is 0 Å². The summed E-state index contributed by atoms with van der Waals surface area (Å²) in [5, 5.41) is 9.50. The molecule has 1 N–H and O–H groups in total. The molecule has 0 saturated carbocycles. The number of aliphatic hydroxyl groups excluding tert-OH is 1. The van der Waals surface area contributed by atoms with E-state index in [9.17, 15) is 4.79 Å². The third-order valence-electron chi connectivity index (χ3n) is 3.77. The van der Waals surface area contributed by atoms with Gasteiger partial charge in [-0.15, -0.1) is 0 Å². The number of aliphatic hydroxyl groups is 1. The van der Waals surface area contributed by atoms with Crippen LogP contribution in [0.5, 0.6) is 5.75 Å². The molecule has 0 aromatic heterocycles. The maximum absolute atomic E-state index is 12.1. The first-order valence-electron chi connectivity index (χ1n) is 7.69. The van der Waals surface area contributed by atoms with E-state index in [0.717, 1.165) is 26.2 Å².